The lowest BCUT2D eigenvalue weighted by Gasteiger charge is -2.39. The summed E-state index contributed by atoms with van der Waals surface area (Å²) in [5.41, 5.74) is 1.82. The number of anilines is 1. The van der Waals surface area contributed by atoms with Crippen molar-refractivity contribution in [3.63, 3.8) is 0 Å². The zero-order valence-electron chi connectivity index (χ0n) is 17.0. The number of aromatic nitrogens is 2. The quantitative estimate of drug-likeness (QED) is 0.843. The van der Waals surface area contributed by atoms with Crippen molar-refractivity contribution in [3.05, 3.63) is 23.9 Å². The second-order valence-corrected chi connectivity index (χ2v) is 7.77. The predicted octanol–water partition coefficient (Wildman–Crippen LogP) is 3.50. The molecule has 4 rings (SSSR count). The fraction of sp³-hybridized carbons (Fsp3) is 0.571. The van der Waals surface area contributed by atoms with Crippen LogP contribution in [-0.4, -0.2) is 46.8 Å². The Labute approximate surface area is 166 Å². The zero-order valence-corrected chi connectivity index (χ0v) is 17.0. The fourth-order valence-corrected chi connectivity index (χ4v) is 4.27. The van der Waals surface area contributed by atoms with Crippen LogP contribution >= 0.6 is 0 Å². The van der Waals surface area contributed by atoms with Gasteiger partial charge in [-0.1, -0.05) is 19.8 Å². The van der Waals surface area contributed by atoms with E-state index in [0.29, 0.717) is 25.3 Å². The van der Waals surface area contributed by atoms with E-state index in [4.69, 9.17) is 4.74 Å². The number of ether oxygens (including phenoxy) is 1. The third-order valence-corrected chi connectivity index (χ3v) is 5.79. The molecule has 0 spiro atoms. The van der Waals surface area contributed by atoms with Crippen LogP contribution in [0.15, 0.2) is 23.2 Å². The molecule has 1 aliphatic carbocycles. The lowest BCUT2D eigenvalue weighted by Crippen LogP contribution is -2.52. The number of nitrogens with zero attached hydrogens (tertiary/aromatic N) is 4. The molecule has 0 radical (unpaired) electrons. The first-order valence-corrected chi connectivity index (χ1v) is 10.3. The van der Waals surface area contributed by atoms with Crippen LogP contribution < -0.4 is 15.4 Å². The lowest BCUT2D eigenvalue weighted by molar-refractivity contribution is 0.107. The van der Waals surface area contributed by atoms with E-state index in [1.54, 1.807) is 0 Å². The third kappa shape index (κ3) is 4.04. The highest BCUT2D eigenvalue weighted by Crippen LogP contribution is 2.28. The largest absolute Gasteiger partial charge is 0.494 e. The average molecular weight is 383 g/mol. The second-order valence-electron chi connectivity index (χ2n) is 7.77. The number of fused-ring (bicyclic) bond motifs is 1. The molecule has 1 saturated carbocycles. The maximum Gasteiger partial charge on any atom is 0.230 e. The van der Waals surface area contributed by atoms with Gasteiger partial charge in [-0.3, -0.25) is 10.2 Å². The number of hydrogen-bond donors (Lipinski definition) is 2. The number of aliphatic imine (C=N–C) groups is 1. The summed E-state index contributed by atoms with van der Waals surface area (Å²) in [7, 11) is 0. The smallest absolute Gasteiger partial charge is 0.230 e. The van der Waals surface area contributed by atoms with Gasteiger partial charge >= 0.3 is 0 Å². The van der Waals surface area contributed by atoms with Gasteiger partial charge in [0, 0.05) is 11.4 Å². The molecule has 7 heteroatoms. The van der Waals surface area contributed by atoms with E-state index >= 15 is 0 Å². The molecule has 2 atom stereocenters. The number of benzene rings is 1. The molecule has 28 heavy (non-hydrogen) atoms. The Bertz CT molecular complexity index is 867. The Morgan fingerprint density at radius 3 is 2.86 bits per heavy atom. The molecule has 1 fully saturated rings. The molecule has 150 valence electrons. The zero-order chi connectivity index (χ0) is 19.5. The van der Waals surface area contributed by atoms with E-state index in [0.717, 1.165) is 40.9 Å². The fourth-order valence-electron chi connectivity index (χ4n) is 4.27. The van der Waals surface area contributed by atoms with Gasteiger partial charge in [-0.15, -0.1) is 0 Å². The van der Waals surface area contributed by atoms with Gasteiger partial charge < -0.3 is 10.1 Å². The average Bonchev–Trinajstić information content (AvgIpc) is 2.70. The van der Waals surface area contributed by atoms with Crippen LogP contribution in [-0.2, 0) is 0 Å². The van der Waals surface area contributed by atoms with Crippen molar-refractivity contribution in [3.8, 4) is 5.75 Å². The Morgan fingerprint density at radius 2 is 2.11 bits per heavy atom. The summed E-state index contributed by atoms with van der Waals surface area (Å²) in [6.45, 7) is 8.51. The van der Waals surface area contributed by atoms with Crippen molar-refractivity contribution in [1.29, 1.82) is 0 Å². The molecule has 1 aliphatic heterocycles. The molecule has 1 aromatic heterocycles. The van der Waals surface area contributed by atoms with Gasteiger partial charge in [-0.05, 0) is 50.8 Å². The summed E-state index contributed by atoms with van der Waals surface area (Å²) in [4.78, 5) is 16.4. The molecular weight excluding hydrogens is 352 g/mol. The van der Waals surface area contributed by atoms with Crippen LogP contribution in [0.25, 0.3) is 10.9 Å². The SMILES string of the molecule is CCOc1ccc2nc(NC3=NCN([C@@H]4CCCC[C@@H]4C)CN3)nc(C)c2c1. The van der Waals surface area contributed by atoms with Crippen molar-refractivity contribution in [2.45, 2.75) is 52.5 Å². The van der Waals surface area contributed by atoms with Crippen LogP contribution in [0.1, 0.15) is 45.2 Å². The van der Waals surface area contributed by atoms with E-state index in [9.17, 15) is 0 Å². The van der Waals surface area contributed by atoms with E-state index in [1.807, 2.05) is 32.0 Å². The number of rotatable bonds is 4. The molecule has 2 aliphatic rings. The normalized spacial score (nSPS) is 23.2. The van der Waals surface area contributed by atoms with Gasteiger partial charge in [0.05, 0.1) is 31.2 Å². The Hall–Kier alpha value is -2.41. The first kappa shape index (κ1) is 18.9. The van der Waals surface area contributed by atoms with Gasteiger partial charge in [0.15, 0.2) is 0 Å². The minimum atomic E-state index is 0.569. The Morgan fingerprint density at radius 1 is 1.25 bits per heavy atom. The minimum absolute atomic E-state index is 0.569. The molecular formula is C21H30N6O. The molecule has 2 heterocycles. The molecule has 2 N–H and O–H groups in total. The number of nitrogens with one attached hydrogen (secondary N) is 2. The molecule has 0 bridgehead atoms. The van der Waals surface area contributed by atoms with Crippen molar-refractivity contribution >= 4 is 22.8 Å². The topological polar surface area (TPSA) is 74.7 Å². The first-order valence-electron chi connectivity index (χ1n) is 10.3. The highest BCUT2D eigenvalue weighted by Gasteiger charge is 2.28. The summed E-state index contributed by atoms with van der Waals surface area (Å²) < 4.78 is 5.58. The summed E-state index contributed by atoms with van der Waals surface area (Å²) >= 11 is 0. The van der Waals surface area contributed by atoms with Gasteiger partial charge in [0.1, 0.15) is 5.75 Å². The van der Waals surface area contributed by atoms with Crippen molar-refractivity contribution < 1.29 is 4.74 Å². The van der Waals surface area contributed by atoms with Gasteiger partial charge in [-0.2, -0.15) is 0 Å². The summed E-state index contributed by atoms with van der Waals surface area (Å²) in [6.07, 6.45) is 5.29. The van der Waals surface area contributed by atoms with E-state index in [1.165, 1.54) is 25.7 Å². The summed E-state index contributed by atoms with van der Waals surface area (Å²) in [5, 5.41) is 7.65. The first-order chi connectivity index (χ1) is 13.6. The molecule has 0 amide bonds. The highest BCUT2D eigenvalue weighted by atomic mass is 16.5. The van der Waals surface area contributed by atoms with Gasteiger partial charge in [0.25, 0.3) is 0 Å². The number of guanidine groups is 1. The van der Waals surface area contributed by atoms with Crippen LogP contribution in [0.2, 0.25) is 0 Å². The Kier molecular flexibility index (Phi) is 5.62. The van der Waals surface area contributed by atoms with Crippen molar-refractivity contribution in [2.75, 3.05) is 25.3 Å². The highest BCUT2D eigenvalue weighted by molar-refractivity contribution is 5.93. The summed E-state index contributed by atoms with van der Waals surface area (Å²) in [5.74, 6) is 2.90. The van der Waals surface area contributed by atoms with Crippen molar-refractivity contribution in [2.24, 2.45) is 10.9 Å². The van der Waals surface area contributed by atoms with Crippen LogP contribution in [0.5, 0.6) is 5.75 Å². The van der Waals surface area contributed by atoms with E-state index in [2.05, 4.69) is 37.4 Å². The van der Waals surface area contributed by atoms with Crippen LogP contribution in [0.3, 0.4) is 0 Å². The molecule has 0 saturated heterocycles. The predicted molar refractivity (Wildman–Crippen MR) is 113 cm³/mol. The standard InChI is InChI=1S/C21H30N6O/c1-4-28-16-9-10-18-17(11-16)15(3)24-21(25-18)26-20-22-12-27(13-23-20)19-8-6-5-7-14(19)2/h9-11,14,19H,4-8,12-13H2,1-3H3,(H2,22,23,24,25,26)/t14-,19+/m0/s1. The number of aryl methyl sites for hydroxylation is 1. The molecule has 2 aromatic rings. The summed E-state index contributed by atoms with van der Waals surface area (Å²) in [6, 6.07) is 6.55. The van der Waals surface area contributed by atoms with Gasteiger partial charge in [0.2, 0.25) is 11.9 Å². The molecule has 0 unspecified atom stereocenters. The van der Waals surface area contributed by atoms with Crippen molar-refractivity contribution in [1.82, 2.24) is 20.2 Å². The van der Waals surface area contributed by atoms with Crippen LogP contribution in [0, 0.1) is 12.8 Å². The molecule has 7 nitrogen and oxygen atoms in total. The Balaban J connectivity index is 1.45. The number of hydrogen-bond acceptors (Lipinski definition) is 7. The maximum atomic E-state index is 5.58. The van der Waals surface area contributed by atoms with E-state index < -0.39 is 0 Å². The monoisotopic (exact) mass is 382 g/mol. The maximum absolute atomic E-state index is 5.58. The van der Waals surface area contributed by atoms with Crippen LogP contribution in [0.4, 0.5) is 5.95 Å². The van der Waals surface area contributed by atoms with E-state index in [-0.39, 0.29) is 0 Å². The molecule has 1 aromatic carbocycles. The third-order valence-electron chi connectivity index (χ3n) is 5.79. The lowest BCUT2D eigenvalue weighted by atomic mass is 9.85. The second kappa shape index (κ2) is 8.31. The minimum Gasteiger partial charge on any atom is -0.494 e. The van der Waals surface area contributed by atoms with Gasteiger partial charge in [-0.25, -0.2) is 15.0 Å².